The van der Waals surface area contributed by atoms with Crippen LogP contribution in [0.15, 0.2) is 22.8 Å². The van der Waals surface area contributed by atoms with Gasteiger partial charge in [0.05, 0.1) is 6.26 Å². The Morgan fingerprint density at radius 3 is 2.47 bits per heavy atom. The fraction of sp³-hybridized carbons (Fsp3) is 0.692. The highest BCUT2D eigenvalue weighted by molar-refractivity contribution is 5.06. The molecule has 1 aliphatic rings. The van der Waals surface area contributed by atoms with Gasteiger partial charge >= 0.3 is 0 Å². The second-order valence-electron chi connectivity index (χ2n) is 5.78. The molecule has 0 unspecified atom stereocenters. The van der Waals surface area contributed by atoms with Crippen LogP contribution in [0.4, 0.5) is 0 Å². The molecule has 0 saturated heterocycles. The number of hydrogen-bond donors (Lipinski definition) is 1. The summed E-state index contributed by atoms with van der Waals surface area (Å²) in [6.45, 7) is 4.67. The molecule has 0 radical (unpaired) electrons. The van der Waals surface area contributed by atoms with Crippen molar-refractivity contribution in [3.05, 3.63) is 24.2 Å². The summed E-state index contributed by atoms with van der Waals surface area (Å²) in [5, 5.41) is 0. The highest BCUT2D eigenvalue weighted by Crippen LogP contribution is 2.40. The van der Waals surface area contributed by atoms with Crippen molar-refractivity contribution in [2.24, 2.45) is 11.1 Å². The summed E-state index contributed by atoms with van der Waals surface area (Å²) in [6, 6.07) is 3.96. The van der Waals surface area contributed by atoms with Gasteiger partial charge in [-0.25, -0.2) is 0 Å². The van der Waals surface area contributed by atoms with Gasteiger partial charge in [-0.05, 0) is 43.2 Å². The largest absolute Gasteiger partial charge is 0.469 e. The maximum Gasteiger partial charge on any atom is 0.105 e. The first-order valence-electron chi connectivity index (χ1n) is 5.81. The summed E-state index contributed by atoms with van der Waals surface area (Å²) in [5.41, 5.74) is 6.86. The molecule has 0 atom stereocenters. The maximum absolute atomic E-state index is 6.41. The van der Waals surface area contributed by atoms with Crippen LogP contribution in [0.2, 0.25) is 0 Å². The van der Waals surface area contributed by atoms with Crippen molar-refractivity contribution in [1.82, 2.24) is 0 Å². The van der Waals surface area contributed by atoms with Crippen molar-refractivity contribution in [3.8, 4) is 0 Å². The van der Waals surface area contributed by atoms with Crippen LogP contribution < -0.4 is 5.73 Å². The average molecular weight is 207 g/mol. The molecule has 1 aromatic heterocycles. The zero-order valence-electron chi connectivity index (χ0n) is 9.75. The van der Waals surface area contributed by atoms with E-state index >= 15 is 0 Å². The van der Waals surface area contributed by atoms with Crippen LogP contribution in [0, 0.1) is 5.41 Å². The van der Waals surface area contributed by atoms with Gasteiger partial charge in [-0.2, -0.15) is 0 Å². The summed E-state index contributed by atoms with van der Waals surface area (Å²) >= 11 is 0. The third-order valence-electron chi connectivity index (χ3n) is 3.71. The quantitative estimate of drug-likeness (QED) is 0.809. The first-order valence-corrected chi connectivity index (χ1v) is 5.81. The van der Waals surface area contributed by atoms with Crippen LogP contribution in [0.25, 0.3) is 0 Å². The molecule has 0 aliphatic heterocycles. The number of nitrogens with two attached hydrogens (primary N) is 1. The lowest BCUT2D eigenvalue weighted by molar-refractivity contribution is 0.160. The molecule has 15 heavy (non-hydrogen) atoms. The minimum Gasteiger partial charge on any atom is -0.469 e. The van der Waals surface area contributed by atoms with Gasteiger partial charge in [0.1, 0.15) is 5.76 Å². The topological polar surface area (TPSA) is 39.2 Å². The van der Waals surface area contributed by atoms with E-state index in [0.717, 1.165) is 25.0 Å². The predicted octanol–water partition coefficient (Wildman–Crippen LogP) is 3.12. The van der Waals surface area contributed by atoms with E-state index in [1.54, 1.807) is 6.26 Å². The molecule has 1 saturated carbocycles. The van der Waals surface area contributed by atoms with Crippen LogP contribution in [0.3, 0.4) is 0 Å². The molecule has 0 spiro atoms. The molecule has 2 N–H and O–H groups in total. The highest BCUT2D eigenvalue weighted by Gasteiger charge is 2.35. The molecular formula is C13H21NO. The number of hydrogen-bond acceptors (Lipinski definition) is 2. The lowest BCUT2D eigenvalue weighted by Gasteiger charge is -2.40. The molecule has 2 heteroatoms. The molecule has 0 aromatic carbocycles. The molecule has 1 heterocycles. The van der Waals surface area contributed by atoms with E-state index in [-0.39, 0.29) is 5.54 Å². The summed E-state index contributed by atoms with van der Waals surface area (Å²) in [4.78, 5) is 0. The molecule has 2 rings (SSSR count). The smallest absolute Gasteiger partial charge is 0.105 e. The van der Waals surface area contributed by atoms with E-state index in [0.29, 0.717) is 5.41 Å². The van der Waals surface area contributed by atoms with Crippen molar-refractivity contribution in [3.63, 3.8) is 0 Å². The fourth-order valence-electron chi connectivity index (χ4n) is 2.36. The third kappa shape index (κ3) is 2.63. The lowest BCUT2D eigenvalue weighted by atomic mass is 9.68. The van der Waals surface area contributed by atoms with Gasteiger partial charge in [-0.15, -0.1) is 0 Å². The van der Waals surface area contributed by atoms with Crippen molar-refractivity contribution in [1.29, 1.82) is 0 Å². The van der Waals surface area contributed by atoms with E-state index in [2.05, 4.69) is 13.8 Å². The van der Waals surface area contributed by atoms with E-state index in [1.165, 1.54) is 12.8 Å². The maximum atomic E-state index is 6.41. The molecule has 1 aromatic rings. The highest BCUT2D eigenvalue weighted by atomic mass is 16.3. The molecule has 2 nitrogen and oxygen atoms in total. The van der Waals surface area contributed by atoms with Gasteiger partial charge in [0.2, 0.25) is 0 Å². The third-order valence-corrected chi connectivity index (χ3v) is 3.71. The molecule has 0 amide bonds. The standard InChI is InChI=1S/C13H21NO/c1-12(2)5-7-13(14,8-6-12)10-11-4-3-9-15-11/h3-4,9H,5-8,10,14H2,1-2H3. The Bertz CT molecular complexity index is 303. The van der Waals surface area contributed by atoms with Crippen LogP contribution in [-0.4, -0.2) is 5.54 Å². The molecule has 1 aliphatic carbocycles. The van der Waals surface area contributed by atoms with Crippen molar-refractivity contribution >= 4 is 0 Å². The predicted molar refractivity (Wildman–Crippen MR) is 61.6 cm³/mol. The van der Waals surface area contributed by atoms with Crippen LogP contribution in [-0.2, 0) is 6.42 Å². The zero-order chi connectivity index (χ0) is 10.9. The molecule has 0 bridgehead atoms. The van der Waals surface area contributed by atoms with Crippen LogP contribution in [0.5, 0.6) is 0 Å². The normalized spacial score (nSPS) is 23.9. The molecule has 84 valence electrons. The van der Waals surface area contributed by atoms with E-state index < -0.39 is 0 Å². The Morgan fingerprint density at radius 2 is 1.93 bits per heavy atom. The second kappa shape index (κ2) is 3.67. The minimum atomic E-state index is -0.0344. The van der Waals surface area contributed by atoms with Gasteiger partial charge in [-0.3, -0.25) is 0 Å². The Kier molecular flexibility index (Phi) is 2.63. The first kappa shape index (κ1) is 10.7. The van der Waals surface area contributed by atoms with Crippen molar-refractivity contribution in [2.45, 2.75) is 51.5 Å². The number of rotatable bonds is 2. The van der Waals surface area contributed by atoms with E-state index in [9.17, 15) is 0 Å². The zero-order valence-corrected chi connectivity index (χ0v) is 9.75. The SMILES string of the molecule is CC1(C)CCC(N)(Cc2ccco2)CC1. The summed E-state index contributed by atoms with van der Waals surface area (Å²) < 4.78 is 5.37. The fourth-order valence-corrected chi connectivity index (χ4v) is 2.36. The van der Waals surface area contributed by atoms with Gasteiger partial charge in [0.25, 0.3) is 0 Å². The van der Waals surface area contributed by atoms with Crippen LogP contribution >= 0.6 is 0 Å². The Morgan fingerprint density at radius 1 is 1.27 bits per heavy atom. The minimum absolute atomic E-state index is 0.0344. The Labute approximate surface area is 91.8 Å². The Balaban J connectivity index is 1.98. The second-order valence-corrected chi connectivity index (χ2v) is 5.78. The van der Waals surface area contributed by atoms with Crippen LogP contribution in [0.1, 0.15) is 45.3 Å². The van der Waals surface area contributed by atoms with Gasteiger partial charge in [0, 0.05) is 12.0 Å². The molecular weight excluding hydrogens is 186 g/mol. The summed E-state index contributed by atoms with van der Waals surface area (Å²) in [5.74, 6) is 1.03. The average Bonchev–Trinajstić information content (AvgIpc) is 2.64. The van der Waals surface area contributed by atoms with Gasteiger partial charge < -0.3 is 10.2 Å². The van der Waals surface area contributed by atoms with Crippen molar-refractivity contribution in [2.75, 3.05) is 0 Å². The molecule has 1 fully saturated rings. The summed E-state index contributed by atoms with van der Waals surface area (Å²) in [7, 11) is 0. The number of furan rings is 1. The first-order chi connectivity index (χ1) is 6.99. The van der Waals surface area contributed by atoms with E-state index in [1.807, 2.05) is 12.1 Å². The van der Waals surface area contributed by atoms with Gasteiger partial charge in [0.15, 0.2) is 0 Å². The lowest BCUT2D eigenvalue weighted by Crippen LogP contribution is -2.46. The van der Waals surface area contributed by atoms with E-state index in [4.69, 9.17) is 10.2 Å². The summed E-state index contributed by atoms with van der Waals surface area (Å²) in [6.07, 6.45) is 7.29. The van der Waals surface area contributed by atoms with Gasteiger partial charge in [-0.1, -0.05) is 13.8 Å². The Hall–Kier alpha value is -0.760. The monoisotopic (exact) mass is 207 g/mol. The van der Waals surface area contributed by atoms with Crippen molar-refractivity contribution < 1.29 is 4.42 Å².